The molecule has 1 rings (SSSR count). The highest BCUT2D eigenvalue weighted by molar-refractivity contribution is 7.91. The molecule has 0 heterocycles. The normalized spacial score (nSPS) is 10.4. The molecule has 0 unspecified atom stereocenters. The standard InChI is InChI=1S/C12H12N2O3S/c1-2-9-18(16,17)11-5-3-10(4-6-11)14-12(15)7-8-13/h2-6H,1,7,9H2,(H,14,15). The summed E-state index contributed by atoms with van der Waals surface area (Å²) >= 11 is 0. The summed E-state index contributed by atoms with van der Waals surface area (Å²) in [4.78, 5) is 11.3. The van der Waals surface area contributed by atoms with Gasteiger partial charge in [-0.15, -0.1) is 6.58 Å². The molecule has 0 bridgehead atoms. The van der Waals surface area contributed by atoms with Crippen LogP contribution < -0.4 is 5.32 Å². The van der Waals surface area contributed by atoms with E-state index in [9.17, 15) is 13.2 Å². The van der Waals surface area contributed by atoms with Crippen molar-refractivity contribution in [1.82, 2.24) is 0 Å². The van der Waals surface area contributed by atoms with Gasteiger partial charge in [-0.2, -0.15) is 5.26 Å². The van der Waals surface area contributed by atoms with Crippen molar-refractivity contribution in [1.29, 1.82) is 5.26 Å². The van der Waals surface area contributed by atoms with Crippen LogP contribution in [0.1, 0.15) is 6.42 Å². The van der Waals surface area contributed by atoms with Gasteiger partial charge in [0.15, 0.2) is 9.84 Å². The van der Waals surface area contributed by atoms with E-state index in [1.165, 1.54) is 30.3 Å². The molecular weight excluding hydrogens is 252 g/mol. The lowest BCUT2D eigenvalue weighted by atomic mass is 10.3. The summed E-state index contributed by atoms with van der Waals surface area (Å²) in [6, 6.07) is 7.48. The van der Waals surface area contributed by atoms with Gasteiger partial charge in [0.05, 0.1) is 16.7 Å². The van der Waals surface area contributed by atoms with Crippen molar-refractivity contribution in [2.75, 3.05) is 11.1 Å². The van der Waals surface area contributed by atoms with Crippen molar-refractivity contribution in [3.05, 3.63) is 36.9 Å². The van der Waals surface area contributed by atoms with E-state index in [4.69, 9.17) is 5.26 Å². The monoisotopic (exact) mass is 264 g/mol. The molecule has 0 saturated heterocycles. The molecule has 0 atom stereocenters. The number of hydrogen-bond donors (Lipinski definition) is 1. The van der Waals surface area contributed by atoms with Gasteiger partial charge in [-0.05, 0) is 24.3 Å². The van der Waals surface area contributed by atoms with Crippen LogP contribution in [0.4, 0.5) is 5.69 Å². The SMILES string of the molecule is C=CCS(=O)(=O)c1ccc(NC(=O)CC#N)cc1. The number of nitriles is 1. The lowest BCUT2D eigenvalue weighted by Gasteiger charge is -2.05. The zero-order valence-electron chi connectivity index (χ0n) is 9.59. The number of hydrogen-bond acceptors (Lipinski definition) is 4. The number of rotatable bonds is 5. The molecule has 0 aliphatic rings. The predicted molar refractivity (Wildman–Crippen MR) is 67.6 cm³/mol. The second-order valence-electron chi connectivity index (χ2n) is 3.48. The third-order valence-electron chi connectivity index (χ3n) is 2.07. The molecule has 1 amide bonds. The van der Waals surface area contributed by atoms with Crippen molar-refractivity contribution in [2.24, 2.45) is 0 Å². The molecule has 1 N–H and O–H groups in total. The van der Waals surface area contributed by atoms with Crippen LogP contribution in [0.2, 0.25) is 0 Å². The van der Waals surface area contributed by atoms with Crippen LogP contribution in [0.15, 0.2) is 41.8 Å². The maximum Gasteiger partial charge on any atom is 0.238 e. The van der Waals surface area contributed by atoms with Gasteiger partial charge in [0.1, 0.15) is 6.42 Å². The van der Waals surface area contributed by atoms with E-state index < -0.39 is 15.7 Å². The van der Waals surface area contributed by atoms with Gasteiger partial charge in [-0.25, -0.2) is 8.42 Å². The Morgan fingerprint density at radius 1 is 1.39 bits per heavy atom. The van der Waals surface area contributed by atoms with Gasteiger partial charge in [0.25, 0.3) is 0 Å². The molecule has 1 aromatic rings. The number of anilines is 1. The number of nitrogens with zero attached hydrogens (tertiary/aromatic N) is 1. The second kappa shape index (κ2) is 5.98. The average molecular weight is 264 g/mol. The highest BCUT2D eigenvalue weighted by Crippen LogP contribution is 2.15. The lowest BCUT2D eigenvalue weighted by Crippen LogP contribution is -2.10. The van der Waals surface area contributed by atoms with Crippen molar-refractivity contribution >= 4 is 21.4 Å². The van der Waals surface area contributed by atoms with Gasteiger partial charge in [0, 0.05) is 5.69 Å². The minimum atomic E-state index is -3.35. The Morgan fingerprint density at radius 2 is 2.00 bits per heavy atom. The summed E-state index contributed by atoms with van der Waals surface area (Å²) in [6.07, 6.45) is 1.08. The Labute approximate surface area is 106 Å². The van der Waals surface area contributed by atoms with E-state index in [2.05, 4.69) is 11.9 Å². The first-order chi connectivity index (χ1) is 8.49. The van der Waals surface area contributed by atoms with Crippen LogP contribution in [-0.4, -0.2) is 20.1 Å². The zero-order valence-corrected chi connectivity index (χ0v) is 10.4. The molecule has 0 saturated carbocycles. The van der Waals surface area contributed by atoms with Crippen molar-refractivity contribution in [2.45, 2.75) is 11.3 Å². The van der Waals surface area contributed by atoms with Crippen LogP contribution in [0.25, 0.3) is 0 Å². The molecule has 0 aliphatic heterocycles. The van der Waals surface area contributed by atoms with E-state index in [0.717, 1.165) is 0 Å². The number of carbonyl (C=O) groups excluding carboxylic acids is 1. The predicted octanol–water partition coefficient (Wildman–Crippen LogP) is 1.50. The van der Waals surface area contributed by atoms with Crippen LogP contribution >= 0.6 is 0 Å². The van der Waals surface area contributed by atoms with E-state index >= 15 is 0 Å². The van der Waals surface area contributed by atoms with Gasteiger partial charge in [-0.1, -0.05) is 6.08 Å². The van der Waals surface area contributed by atoms with Crippen LogP contribution in [0.3, 0.4) is 0 Å². The average Bonchev–Trinajstić information content (AvgIpc) is 2.30. The Kier molecular flexibility index (Phi) is 4.63. The molecule has 1 aromatic carbocycles. The molecule has 5 nitrogen and oxygen atoms in total. The Balaban J connectivity index is 2.84. The maximum atomic E-state index is 11.7. The van der Waals surface area contributed by atoms with E-state index in [1.54, 1.807) is 6.07 Å². The minimum Gasteiger partial charge on any atom is -0.325 e. The molecule has 6 heteroatoms. The van der Waals surface area contributed by atoms with Crippen molar-refractivity contribution < 1.29 is 13.2 Å². The fourth-order valence-corrected chi connectivity index (χ4v) is 2.33. The van der Waals surface area contributed by atoms with Crippen LogP contribution in [0, 0.1) is 11.3 Å². The second-order valence-corrected chi connectivity index (χ2v) is 5.51. The smallest absolute Gasteiger partial charge is 0.238 e. The maximum absolute atomic E-state index is 11.7. The van der Waals surface area contributed by atoms with Crippen molar-refractivity contribution in [3.8, 4) is 6.07 Å². The fraction of sp³-hybridized carbons (Fsp3) is 0.167. The third-order valence-corrected chi connectivity index (χ3v) is 3.74. The largest absolute Gasteiger partial charge is 0.325 e. The van der Waals surface area contributed by atoms with E-state index in [0.29, 0.717) is 5.69 Å². The van der Waals surface area contributed by atoms with Crippen molar-refractivity contribution in [3.63, 3.8) is 0 Å². The lowest BCUT2D eigenvalue weighted by molar-refractivity contribution is -0.115. The number of benzene rings is 1. The van der Waals surface area contributed by atoms with Gasteiger partial charge in [0.2, 0.25) is 5.91 Å². The molecular formula is C12H12N2O3S. The molecule has 0 spiro atoms. The van der Waals surface area contributed by atoms with Gasteiger partial charge < -0.3 is 5.32 Å². The fourth-order valence-electron chi connectivity index (χ4n) is 1.27. The number of nitrogens with one attached hydrogen (secondary N) is 1. The molecule has 94 valence electrons. The Hall–Kier alpha value is -2.13. The van der Waals surface area contributed by atoms with E-state index in [1.807, 2.05) is 0 Å². The summed E-state index contributed by atoms with van der Waals surface area (Å²) in [7, 11) is -3.35. The summed E-state index contributed by atoms with van der Waals surface area (Å²) in [6.45, 7) is 3.38. The molecule has 0 aromatic heterocycles. The summed E-state index contributed by atoms with van der Waals surface area (Å²) in [5, 5.41) is 10.8. The molecule has 0 fully saturated rings. The Morgan fingerprint density at radius 3 is 2.50 bits per heavy atom. The summed E-state index contributed by atoms with van der Waals surface area (Å²) in [5.74, 6) is -0.563. The zero-order chi connectivity index (χ0) is 13.6. The Bertz CT molecular complexity index is 583. The number of sulfone groups is 1. The number of carbonyl (C=O) groups is 1. The van der Waals surface area contributed by atoms with Gasteiger partial charge >= 0.3 is 0 Å². The van der Waals surface area contributed by atoms with Gasteiger partial charge in [-0.3, -0.25) is 4.79 Å². The molecule has 18 heavy (non-hydrogen) atoms. The third kappa shape index (κ3) is 3.71. The summed E-state index contributed by atoms with van der Waals surface area (Å²) < 4.78 is 23.3. The quantitative estimate of drug-likeness (QED) is 0.816. The highest BCUT2D eigenvalue weighted by Gasteiger charge is 2.12. The first-order valence-electron chi connectivity index (χ1n) is 5.10. The summed E-state index contributed by atoms with van der Waals surface area (Å²) in [5.41, 5.74) is 0.452. The van der Waals surface area contributed by atoms with Crippen LogP contribution in [0.5, 0.6) is 0 Å². The minimum absolute atomic E-state index is 0.132. The molecule has 0 radical (unpaired) electrons. The van der Waals surface area contributed by atoms with Crippen LogP contribution in [-0.2, 0) is 14.6 Å². The first-order valence-corrected chi connectivity index (χ1v) is 6.75. The number of amides is 1. The first kappa shape index (κ1) is 13.9. The van der Waals surface area contributed by atoms with E-state index in [-0.39, 0.29) is 17.1 Å². The highest BCUT2D eigenvalue weighted by atomic mass is 32.2. The molecule has 0 aliphatic carbocycles. The topological polar surface area (TPSA) is 87.0 Å².